The number of nitrogens with zero attached hydrogens (tertiary/aromatic N) is 2. The van der Waals surface area contributed by atoms with Crippen LogP contribution in [0.5, 0.6) is 0 Å². The molecule has 1 aliphatic carbocycles. The number of ketones is 1. The molecule has 2 amide bonds. The molecule has 0 saturated carbocycles. The van der Waals surface area contributed by atoms with Gasteiger partial charge in [-0.15, -0.1) is 0 Å². The minimum Gasteiger partial charge on any atom is -0.442 e. The summed E-state index contributed by atoms with van der Waals surface area (Å²) in [7, 11) is 3.50. The van der Waals surface area contributed by atoms with Gasteiger partial charge in [-0.2, -0.15) is 0 Å². The molecular formula is C20H23F2N3O4. The van der Waals surface area contributed by atoms with Gasteiger partial charge in [-0.25, -0.2) is 13.6 Å². The first-order chi connectivity index (χ1) is 13.7. The molecule has 2 aliphatic rings. The molecule has 1 aromatic rings. The number of Topliss-reactive ketones (excluding diaryl/α,β-unsaturated/α-hetero) is 1. The summed E-state index contributed by atoms with van der Waals surface area (Å²) in [5, 5.41) is 2.52. The van der Waals surface area contributed by atoms with Crippen molar-refractivity contribution in [2.75, 3.05) is 32.1 Å². The van der Waals surface area contributed by atoms with Crippen LogP contribution in [0.2, 0.25) is 0 Å². The molecule has 0 aromatic heterocycles. The second kappa shape index (κ2) is 8.18. The van der Waals surface area contributed by atoms with Crippen LogP contribution in [0.1, 0.15) is 35.7 Å². The van der Waals surface area contributed by atoms with Crippen LogP contribution in [0.25, 0.3) is 0 Å². The molecule has 1 fully saturated rings. The van der Waals surface area contributed by atoms with Crippen LogP contribution < -0.4 is 10.2 Å². The van der Waals surface area contributed by atoms with E-state index in [0.29, 0.717) is 18.4 Å². The topological polar surface area (TPSA) is 79.0 Å². The molecule has 29 heavy (non-hydrogen) atoms. The zero-order valence-electron chi connectivity index (χ0n) is 16.6. The highest BCUT2D eigenvalue weighted by Gasteiger charge is 2.37. The third kappa shape index (κ3) is 4.23. The first-order valence-corrected chi connectivity index (χ1v) is 9.34. The second-order valence-electron chi connectivity index (χ2n) is 7.40. The number of benzene rings is 1. The standard InChI is InChI=1S/C20H23F2N3O4/c1-11(26)23-8-13-10-25(20(28)29-13)16-7-15(21)17-14(18(16)22)6-4-5-12(19(17)27)9-24(2)3/h7,9,13H,4-6,8,10H2,1-3H3,(H,23,26)/b12-9+/t13-/m0/s1. The molecule has 156 valence electrons. The fraction of sp³-hybridized carbons (Fsp3) is 0.450. The fourth-order valence-electron chi connectivity index (χ4n) is 3.59. The Morgan fingerprint density at radius 2 is 2.07 bits per heavy atom. The van der Waals surface area contributed by atoms with E-state index in [0.717, 1.165) is 11.0 Å². The Hall–Kier alpha value is -2.97. The zero-order chi connectivity index (χ0) is 21.3. The smallest absolute Gasteiger partial charge is 0.414 e. The van der Waals surface area contributed by atoms with Crippen molar-refractivity contribution in [1.29, 1.82) is 0 Å². The van der Waals surface area contributed by atoms with E-state index in [2.05, 4.69) is 5.32 Å². The van der Waals surface area contributed by atoms with E-state index in [9.17, 15) is 18.8 Å². The first-order valence-electron chi connectivity index (χ1n) is 9.34. The molecule has 9 heteroatoms. The van der Waals surface area contributed by atoms with Crippen LogP contribution in [0.4, 0.5) is 19.3 Å². The molecule has 1 N–H and O–H groups in total. The second-order valence-corrected chi connectivity index (χ2v) is 7.40. The predicted octanol–water partition coefficient (Wildman–Crippen LogP) is 2.39. The highest BCUT2D eigenvalue weighted by Crippen LogP contribution is 2.35. The maximum Gasteiger partial charge on any atom is 0.414 e. The maximum absolute atomic E-state index is 15.3. The average Bonchev–Trinajstić information content (AvgIpc) is 2.92. The average molecular weight is 407 g/mol. The maximum atomic E-state index is 15.3. The Labute approximate surface area is 167 Å². The molecule has 1 aromatic carbocycles. The minimum absolute atomic E-state index is 0.0229. The van der Waals surface area contributed by atoms with Crippen molar-refractivity contribution in [2.45, 2.75) is 32.3 Å². The zero-order valence-corrected chi connectivity index (χ0v) is 16.6. The molecule has 7 nitrogen and oxygen atoms in total. The fourth-order valence-corrected chi connectivity index (χ4v) is 3.59. The van der Waals surface area contributed by atoms with Gasteiger partial charge >= 0.3 is 6.09 Å². The Kier molecular flexibility index (Phi) is 5.86. The number of carbonyl (C=O) groups excluding carboxylic acids is 3. The third-order valence-corrected chi connectivity index (χ3v) is 4.84. The number of anilines is 1. The van der Waals surface area contributed by atoms with Crippen LogP contribution in [-0.4, -0.2) is 56.0 Å². The molecule has 3 rings (SSSR count). The number of halogens is 2. The summed E-state index contributed by atoms with van der Waals surface area (Å²) < 4.78 is 35.3. The van der Waals surface area contributed by atoms with Gasteiger partial charge in [0, 0.05) is 44.4 Å². The molecule has 1 atom stereocenters. The summed E-state index contributed by atoms with van der Waals surface area (Å²) in [5.74, 6) is -2.49. The van der Waals surface area contributed by atoms with Crippen LogP contribution in [0.15, 0.2) is 17.8 Å². The van der Waals surface area contributed by atoms with Crippen LogP contribution >= 0.6 is 0 Å². The molecule has 1 aliphatic heterocycles. The molecule has 0 unspecified atom stereocenters. The van der Waals surface area contributed by atoms with Gasteiger partial charge in [-0.1, -0.05) is 0 Å². The Morgan fingerprint density at radius 1 is 1.34 bits per heavy atom. The quantitative estimate of drug-likeness (QED) is 0.613. The van der Waals surface area contributed by atoms with Gasteiger partial charge in [0.15, 0.2) is 11.6 Å². The number of hydrogen-bond donors (Lipinski definition) is 1. The number of cyclic esters (lactones) is 1. The summed E-state index contributed by atoms with van der Waals surface area (Å²) in [6, 6.07) is 0.868. The van der Waals surface area contributed by atoms with Crippen molar-refractivity contribution in [3.8, 4) is 0 Å². The number of nitrogens with one attached hydrogen (secondary N) is 1. The summed E-state index contributed by atoms with van der Waals surface area (Å²) in [6.45, 7) is 1.36. The van der Waals surface area contributed by atoms with Crippen LogP contribution in [0.3, 0.4) is 0 Å². The lowest BCUT2D eigenvalue weighted by molar-refractivity contribution is -0.119. The minimum atomic E-state index is -0.869. The molecular weight excluding hydrogens is 384 g/mol. The number of rotatable bonds is 4. The summed E-state index contributed by atoms with van der Waals surface area (Å²) >= 11 is 0. The van der Waals surface area contributed by atoms with Crippen molar-refractivity contribution in [3.05, 3.63) is 40.6 Å². The van der Waals surface area contributed by atoms with Gasteiger partial charge in [-0.05, 0) is 19.3 Å². The van der Waals surface area contributed by atoms with Crippen LogP contribution in [-0.2, 0) is 16.0 Å². The monoisotopic (exact) mass is 407 g/mol. The number of fused-ring (bicyclic) bond motifs is 1. The lowest BCUT2D eigenvalue weighted by Gasteiger charge is -2.18. The van der Waals surface area contributed by atoms with E-state index >= 15 is 4.39 Å². The van der Waals surface area contributed by atoms with E-state index in [1.165, 1.54) is 6.92 Å². The Balaban J connectivity index is 1.95. The Morgan fingerprint density at radius 3 is 2.72 bits per heavy atom. The van der Waals surface area contributed by atoms with Gasteiger partial charge in [0.1, 0.15) is 11.9 Å². The normalized spacial score (nSPS) is 20.4. The van der Waals surface area contributed by atoms with Gasteiger partial charge in [0.2, 0.25) is 5.91 Å². The predicted molar refractivity (Wildman–Crippen MR) is 102 cm³/mol. The Bertz CT molecular complexity index is 898. The number of allylic oxidation sites excluding steroid dienone is 1. The summed E-state index contributed by atoms with van der Waals surface area (Å²) in [6.07, 6.45) is 1.18. The van der Waals surface area contributed by atoms with Crippen molar-refractivity contribution < 1.29 is 27.9 Å². The number of amides is 2. The van der Waals surface area contributed by atoms with E-state index < -0.39 is 29.6 Å². The van der Waals surface area contributed by atoms with Gasteiger partial charge in [0.25, 0.3) is 0 Å². The van der Waals surface area contributed by atoms with Gasteiger partial charge < -0.3 is 15.0 Å². The van der Waals surface area contributed by atoms with E-state index in [-0.39, 0.29) is 42.2 Å². The largest absolute Gasteiger partial charge is 0.442 e. The van der Waals surface area contributed by atoms with Crippen molar-refractivity contribution in [3.63, 3.8) is 0 Å². The van der Waals surface area contributed by atoms with Crippen molar-refractivity contribution >= 4 is 23.5 Å². The van der Waals surface area contributed by atoms with E-state index in [1.54, 1.807) is 25.2 Å². The summed E-state index contributed by atoms with van der Waals surface area (Å²) in [5.41, 5.74) is -0.148. The van der Waals surface area contributed by atoms with E-state index in [4.69, 9.17) is 4.74 Å². The highest BCUT2D eigenvalue weighted by atomic mass is 19.1. The number of ether oxygens (including phenoxy) is 1. The number of hydrogen-bond acceptors (Lipinski definition) is 5. The molecule has 0 spiro atoms. The van der Waals surface area contributed by atoms with E-state index in [1.807, 2.05) is 0 Å². The van der Waals surface area contributed by atoms with Crippen molar-refractivity contribution in [1.82, 2.24) is 10.2 Å². The van der Waals surface area contributed by atoms with Crippen LogP contribution in [0, 0.1) is 11.6 Å². The lowest BCUT2D eigenvalue weighted by Crippen LogP contribution is -2.33. The molecule has 0 radical (unpaired) electrons. The molecule has 0 bridgehead atoms. The molecule has 1 heterocycles. The first kappa shape index (κ1) is 20.8. The molecule has 1 saturated heterocycles. The highest BCUT2D eigenvalue weighted by molar-refractivity contribution is 6.10. The van der Waals surface area contributed by atoms with Crippen molar-refractivity contribution in [2.24, 2.45) is 0 Å². The number of carbonyl (C=O) groups is 3. The lowest BCUT2D eigenvalue weighted by atomic mass is 9.97. The summed E-state index contributed by atoms with van der Waals surface area (Å²) in [4.78, 5) is 38.7. The SMILES string of the molecule is CC(=O)NC[C@H]1CN(c2cc(F)c3c(c2F)CCC/C(=C\N(C)C)C3=O)C(=O)O1. The third-order valence-electron chi connectivity index (χ3n) is 4.84. The van der Waals surface area contributed by atoms with Gasteiger partial charge in [-0.3, -0.25) is 14.5 Å². The van der Waals surface area contributed by atoms with Gasteiger partial charge in [0.05, 0.1) is 24.3 Å².